The van der Waals surface area contributed by atoms with Crippen molar-refractivity contribution < 1.29 is 9.47 Å². The minimum absolute atomic E-state index is 0.0398. The first-order valence-corrected chi connectivity index (χ1v) is 5.39. The largest absolute Gasteiger partial charge is 0.497 e. The maximum atomic E-state index is 7.74. The second kappa shape index (κ2) is 4.43. The van der Waals surface area contributed by atoms with Crippen molar-refractivity contribution in [3.63, 3.8) is 0 Å². The summed E-state index contributed by atoms with van der Waals surface area (Å²) >= 11 is 0. The Hall–Kier alpha value is -1.71. The molecule has 16 heavy (non-hydrogen) atoms. The van der Waals surface area contributed by atoms with Crippen molar-refractivity contribution in [2.24, 2.45) is 0 Å². The summed E-state index contributed by atoms with van der Waals surface area (Å²) in [7, 11) is 1.66. The van der Waals surface area contributed by atoms with E-state index in [1.807, 2.05) is 25.1 Å². The van der Waals surface area contributed by atoms with Crippen LogP contribution < -0.4 is 10.1 Å². The first-order chi connectivity index (χ1) is 7.74. The third-order valence-corrected chi connectivity index (χ3v) is 2.68. The summed E-state index contributed by atoms with van der Waals surface area (Å²) in [4.78, 5) is 0. The summed E-state index contributed by atoms with van der Waals surface area (Å²) in [6.45, 7) is 2.43. The Morgan fingerprint density at radius 3 is 3.06 bits per heavy atom. The molecule has 0 saturated carbocycles. The maximum absolute atomic E-state index is 7.74. The molecule has 2 N–H and O–H groups in total. The highest BCUT2D eigenvalue weighted by molar-refractivity contribution is 5.85. The van der Waals surface area contributed by atoms with Gasteiger partial charge >= 0.3 is 0 Å². The fourth-order valence-corrected chi connectivity index (χ4v) is 1.88. The van der Waals surface area contributed by atoms with E-state index in [0.717, 1.165) is 17.9 Å². The summed E-state index contributed by atoms with van der Waals surface area (Å²) in [5, 5.41) is 11.0. The second-order valence-corrected chi connectivity index (χ2v) is 3.72. The molecule has 86 valence electrons. The minimum atomic E-state index is -0.0398. The average molecular weight is 220 g/mol. The van der Waals surface area contributed by atoms with Gasteiger partial charge in [-0.25, -0.2) is 0 Å². The van der Waals surface area contributed by atoms with E-state index in [0.29, 0.717) is 12.5 Å². The molecular formula is C12H16N2O2. The predicted octanol–water partition coefficient (Wildman–Crippen LogP) is 2.05. The Bertz CT molecular complexity index is 404. The maximum Gasteiger partial charge on any atom is 0.203 e. The Morgan fingerprint density at radius 1 is 1.56 bits per heavy atom. The molecule has 0 radical (unpaired) electrons. The van der Waals surface area contributed by atoms with Crippen LogP contribution in [0.25, 0.3) is 0 Å². The van der Waals surface area contributed by atoms with Gasteiger partial charge < -0.3 is 14.8 Å². The number of fused-ring (bicyclic) bond motifs is 1. The first-order valence-electron chi connectivity index (χ1n) is 5.39. The molecule has 0 spiro atoms. The van der Waals surface area contributed by atoms with Gasteiger partial charge in [-0.15, -0.1) is 0 Å². The minimum Gasteiger partial charge on any atom is -0.497 e. The summed E-state index contributed by atoms with van der Waals surface area (Å²) in [6, 6.07) is 5.86. The smallest absolute Gasteiger partial charge is 0.203 e. The van der Waals surface area contributed by atoms with Crippen LogP contribution in [-0.2, 0) is 11.2 Å². The van der Waals surface area contributed by atoms with Crippen molar-refractivity contribution in [3.05, 3.63) is 23.8 Å². The van der Waals surface area contributed by atoms with Crippen LogP contribution in [0.2, 0.25) is 0 Å². The predicted molar refractivity (Wildman–Crippen MR) is 63.5 cm³/mol. The molecule has 1 atom stereocenters. The molecule has 0 aromatic heterocycles. The van der Waals surface area contributed by atoms with Crippen molar-refractivity contribution in [1.29, 1.82) is 5.41 Å². The second-order valence-electron chi connectivity index (χ2n) is 3.72. The van der Waals surface area contributed by atoms with E-state index in [4.69, 9.17) is 14.9 Å². The summed E-state index contributed by atoms with van der Waals surface area (Å²) < 4.78 is 10.4. The van der Waals surface area contributed by atoms with Gasteiger partial charge in [0.15, 0.2) is 0 Å². The van der Waals surface area contributed by atoms with Crippen LogP contribution in [0, 0.1) is 5.41 Å². The van der Waals surface area contributed by atoms with Gasteiger partial charge in [0.25, 0.3) is 0 Å². The Kier molecular flexibility index (Phi) is 2.99. The summed E-state index contributed by atoms with van der Waals surface area (Å²) in [5.74, 6) is 1.15. The molecule has 4 heteroatoms. The molecule has 1 aliphatic rings. The zero-order chi connectivity index (χ0) is 11.5. The van der Waals surface area contributed by atoms with E-state index in [1.165, 1.54) is 5.56 Å². The lowest BCUT2D eigenvalue weighted by molar-refractivity contribution is 0.311. The lowest BCUT2D eigenvalue weighted by atomic mass is 10.1. The van der Waals surface area contributed by atoms with Gasteiger partial charge in [0.05, 0.1) is 13.7 Å². The lowest BCUT2D eigenvalue weighted by Crippen LogP contribution is -2.28. The highest BCUT2D eigenvalue weighted by Crippen LogP contribution is 2.29. The zero-order valence-corrected chi connectivity index (χ0v) is 9.54. The number of hydrogen-bond donors (Lipinski definition) is 2. The molecule has 0 saturated heterocycles. The first kappa shape index (κ1) is 10.8. The fraction of sp³-hybridized carbons (Fsp3) is 0.417. The van der Waals surface area contributed by atoms with Crippen LogP contribution in [0.5, 0.6) is 5.75 Å². The molecule has 1 aromatic carbocycles. The number of methoxy groups -OCH3 is 1. The van der Waals surface area contributed by atoms with Gasteiger partial charge in [-0.2, -0.15) is 0 Å². The highest BCUT2D eigenvalue weighted by atomic mass is 16.5. The summed E-state index contributed by atoms with van der Waals surface area (Å²) in [6.07, 6.45) is 0.783. The van der Waals surface area contributed by atoms with Crippen molar-refractivity contribution in [1.82, 2.24) is 0 Å². The number of nitrogens with one attached hydrogen (secondary N) is 2. The van der Waals surface area contributed by atoms with Crippen molar-refractivity contribution in [2.75, 3.05) is 19.0 Å². The van der Waals surface area contributed by atoms with Crippen LogP contribution in [-0.4, -0.2) is 25.7 Å². The highest BCUT2D eigenvalue weighted by Gasteiger charge is 2.25. The quantitative estimate of drug-likeness (QED) is 0.605. The molecule has 1 aromatic rings. The molecule has 1 heterocycles. The van der Waals surface area contributed by atoms with Gasteiger partial charge in [0.1, 0.15) is 11.8 Å². The van der Waals surface area contributed by atoms with E-state index in [2.05, 4.69) is 5.32 Å². The number of anilines is 1. The Labute approximate surface area is 95.1 Å². The normalized spacial score (nSPS) is 17.5. The number of rotatable bonds is 3. The third-order valence-electron chi connectivity index (χ3n) is 2.68. The van der Waals surface area contributed by atoms with Crippen LogP contribution in [0.1, 0.15) is 12.5 Å². The van der Waals surface area contributed by atoms with Crippen LogP contribution >= 0.6 is 0 Å². The Balaban J connectivity index is 2.11. The van der Waals surface area contributed by atoms with Crippen LogP contribution in [0.3, 0.4) is 0 Å². The molecule has 1 unspecified atom stereocenters. The number of hydrogen-bond acceptors (Lipinski definition) is 4. The Morgan fingerprint density at radius 2 is 2.38 bits per heavy atom. The van der Waals surface area contributed by atoms with Gasteiger partial charge in [-0.05, 0) is 30.7 Å². The van der Waals surface area contributed by atoms with Crippen molar-refractivity contribution in [3.8, 4) is 5.75 Å². The molecule has 4 nitrogen and oxygen atoms in total. The average Bonchev–Trinajstić information content (AvgIpc) is 2.71. The van der Waals surface area contributed by atoms with Gasteiger partial charge in [-0.3, -0.25) is 5.41 Å². The number of benzene rings is 1. The molecule has 2 rings (SSSR count). The van der Waals surface area contributed by atoms with Crippen LogP contribution in [0.15, 0.2) is 18.2 Å². The van der Waals surface area contributed by atoms with Gasteiger partial charge in [-0.1, -0.05) is 0 Å². The summed E-state index contributed by atoms with van der Waals surface area (Å²) in [5.41, 5.74) is 2.24. The molecular weight excluding hydrogens is 204 g/mol. The van der Waals surface area contributed by atoms with Gasteiger partial charge in [0, 0.05) is 12.1 Å². The fourth-order valence-electron chi connectivity index (χ4n) is 1.88. The molecule has 0 amide bonds. The van der Waals surface area contributed by atoms with E-state index >= 15 is 0 Å². The van der Waals surface area contributed by atoms with Crippen molar-refractivity contribution in [2.45, 2.75) is 19.4 Å². The van der Waals surface area contributed by atoms with E-state index in [-0.39, 0.29) is 6.04 Å². The lowest BCUT2D eigenvalue weighted by Gasteiger charge is -2.12. The SMILES string of the molecule is CCOC(=N)C1Cc2cc(OC)ccc2N1. The van der Waals surface area contributed by atoms with E-state index < -0.39 is 0 Å². The monoisotopic (exact) mass is 220 g/mol. The third kappa shape index (κ3) is 1.96. The molecule has 0 aliphatic carbocycles. The molecule has 1 aliphatic heterocycles. The zero-order valence-electron chi connectivity index (χ0n) is 9.54. The standard InChI is InChI=1S/C12H16N2O2/c1-3-16-12(13)11-7-8-6-9(15-2)4-5-10(8)14-11/h4-6,11,13-14H,3,7H2,1-2H3. The van der Waals surface area contributed by atoms with Crippen LogP contribution in [0.4, 0.5) is 5.69 Å². The van der Waals surface area contributed by atoms with E-state index in [1.54, 1.807) is 7.11 Å². The van der Waals surface area contributed by atoms with E-state index in [9.17, 15) is 0 Å². The van der Waals surface area contributed by atoms with Gasteiger partial charge in [0.2, 0.25) is 5.90 Å². The number of ether oxygens (including phenoxy) is 2. The molecule has 0 bridgehead atoms. The topological polar surface area (TPSA) is 54.3 Å². The van der Waals surface area contributed by atoms with Crippen molar-refractivity contribution >= 4 is 11.6 Å². The molecule has 0 fully saturated rings.